The van der Waals surface area contributed by atoms with Gasteiger partial charge in [-0.15, -0.1) is 5.10 Å². The first-order chi connectivity index (χ1) is 8.98. The van der Waals surface area contributed by atoms with Gasteiger partial charge in [0, 0.05) is 7.05 Å². The summed E-state index contributed by atoms with van der Waals surface area (Å²) in [6, 6.07) is 0. The van der Waals surface area contributed by atoms with Gasteiger partial charge in [0.15, 0.2) is 5.82 Å². The van der Waals surface area contributed by atoms with Crippen LogP contribution in [0.4, 0.5) is 0 Å². The van der Waals surface area contributed by atoms with Crippen LogP contribution in [0, 0.1) is 5.41 Å². The third-order valence-corrected chi connectivity index (χ3v) is 3.37. The number of aryl methyl sites for hydroxylation is 1. The van der Waals surface area contributed by atoms with Crippen molar-refractivity contribution in [3.63, 3.8) is 0 Å². The van der Waals surface area contributed by atoms with E-state index in [1.54, 1.807) is 24.0 Å². The minimum absolute atomic E-state index is 0.215. The van der Waals surface area contributed by atoms with Crippen LogP contribution in [-0.4, -0.2) is 40.8 Å². The zero-order chi connectivity index (χ0) is 14.0. The summed E-state index contributed by atoms with van der Waals surface area (Å²) in [5.74, 6) is -0.345. The Hall–Kier alpha value is -2.25. The highest BCUT2D eigenvalue weighted by Crippen LogP contribution is 2.25. The molecule has 2 aromatic rings. The topological polar surface area (TPSA) is 98.7 Å². The van der Waals surface area contributed by atoms with Crippen LogP contribution in [0.3, 0.4) is 0 Å². The maximum Gasteiger partial charge on any atom is 0.311 e. The van der Waals surface area contributed by atoms with E-state index in [2.05, 4.69) is 20.5 Å². The van der Waals surface area contributed by atoms with Crippen molar-refractivity contribution in [3.8, 4) is 11.5 Å². The van der Waals surface area contributed by atoms with Crippen LogP contribution in [0.5, 0.6) is 0 Å². The number of carboxylic acid groups (broad SMARTS) is 1. The van der Waals surface area contributed by atoms with Crippen molar-refractivity contribution in [2.24, 2.45) is 12.5 Å². The number of rotatable bonds is 5. The summed E-state index contributed by atoms with van der Waals surface area (Å²) >= 11 is 0. The first-order valence-electron chi connectivity index (χ1n) is 5.94. The molecular formula is C11H16N6O2. The number of tetrazole rings is 1. The lowest BCUT2D eigenvalue weighted by molar-refractivity contribution is -0.149. The van der Waals surface area contributed by atoms with E-state index in [9.17, 15) is 9.90 Å². The van der Waals surface area contributed by atoms with E-state index >= 15 is 0 Å². The third kappa shape index (κ3) is 2.33. The lowest BCUT2D eigenvalue weighted by atomic mass is 9.88. The van der Waals surface area contributed by atoms with Crippen LogP contribution in [0.2, 0.25) is 0 Å². The van der Waals surface area contributed by atoms with Crippen LogP contribution in [0.15, 0.2) is 12.5 Å². The van der Waals surface area contributed by atoms with Gasteiger partial charge in [0.1, 0.15) is 5.69 Å². The Morgan fingerprint density at radius 2 is 2.26 bits per heavy atom. The molecule has 1 atom stereocenters. The molecular weight excluding hydrogens is 248 g/mol. The van der Waals surface area contributed by atoms with Crippen molar-refractivity contribution in [3.05, 3.63) is 12.5 Å². The highest BCUT2D eigenvalue weighted by molar-refractivity contribution is 5.74. The van der Waals surface area contributed by atoms with Crippen molar-refractivity contribution in [2.45, 2.75) is 26.8 Å². The number of aliphatic carboxylic acids is 1. The number of aromatic nitrogens is 6. The Labute approximate surface area is 110 Å². The average molecular weight is 264 g/mol. The molecule has 1 N–H and O–H groups in total. The van der Waals surface area contributed by atoms with Gasteiger partial charge in [-0.05, 0) is 23.8 Å². The van der Waals surface area contributed by atoms with Gasteiger partial charge in [-0.1, -0.05) is 6.92 Å². The highest BCUT2D eigenvalue weighted by Gasteiger charge is 2.33. The summed E-state index contributed by atoms with van der Waals surface area (Å²) in [6.45, 7) is 3.73. The molecule has 102 valence electrons. The van der Waals surface area contributed by atoms with E-state index in [-0.39, 0.29) is 6.54 Å². The van der Waals surface area contributed by atoms with Crippen LogP contribution in [0.25, 0.3) is 11.5 Å². The molecule has 0 aliphatic rings. The van der Waals surface area contributed by atoms with Crippen molar-refractivity contribution in [2.75, 3.05) is 0 Å². The smallest absolute Gasteiger partial charge is 0.311 e. The lowest BCUT2D eigenvalue weighted by Gasteiger charge is -2.22. The Balaban J connectivity index is 2.36. The predicted molar refractivity (Wildman–Crippen MR) is 66.1 cm³/mol. The van der Waals surface area contributed by atoms with Crippen LogP contribution < -0.4 is 0 Å². The summed E-state index contributed by atoms with van der Waals surface area (Å²) in [5.41, 5.74) is -0.156. The molecule has 0 aliphatic heterocycles. The van der Waals surface area contributed by atoms with Gasteiger partial charge in [-0.25, -0.2) is 9.67 Å². The van der Waals surface area contributed by atoms with Gasteiger partial charge >= 0.3 is 5.97 Å². The summed E-state index contributed by atoms with van der Waals surface area (Å²) in [7, 11) is 1.83. The summed E-state index contributed by atoms with van der Waals surface area (Å²) in [6.07, 6.45) is 3.78. The molecule has 0 aromatic carbocycles. The van der Waals surface area contributed by atoms with Gasteiger partial charge < -0.3 is 9.67 Å². The minimum atomic E-state index is -0.900. The van der Waals surface area contributed by atoms with E-state index < -0.39 is 11.4 Å². The average Bonchev–Trinajstić information content (AvgIpc) is 2.97. The fourth-order valence-corrected chi connectivity index (χ4v) is 1.73. The molecule has 8 nitrogen and oxygen atoms in total. The van der Waals surface area contributed by atoms with Crippen LogP contribution in [-0.2, 0) is 18.4 Å². The minimum Gasteiger partial charge on any atom is -0.481 e. The van der Waals surface area contributed by atoms with Gasteiger partial charge in [-0.2, -0.15) is 0 Å². The monoisotopic (exact) mass is 264 g/mol. The molecule has 0 amide bonds. The Kier molecular flexibility index (Phi) is 3.32. The van der Waals surface area contributed by atoms with Crippen LogP contribution >= 0.6 is 0 Å². The van der Waals surface area contributed by atoms with Crippen LogP contribution in [0.1, 0.15) is 20.3 Å². The second-order valence-electron chi connectivity index (χ2n) is 4.77. The quantitative estimate of drug-likeness (QED) is 0.847. The largest absolute Gasteiger partial charge is 0.481 e. The van der Waals surface area contributed by atoms with Gasteiger partial charge in [0.25, 0.3) is 0 Å². The maximum atomic E-state index is 11.3. The number of carbonyl (C=O) groups is 1. The fourth-order valence-electron chi connectivity index (χ4n) is 1.73. The number of carboxylic acids is 1. The van der Waals surface area contributed by atoms with E-state index in [1.165, 1.54) is 4.68 Å². The van der Waals surface area contributed by atoms with Crippen molar-refractivity contribution in [1.82, 2.24) is 29.8 Å². The molecule has 0 spiro atoms. The fraction of sp³-hybridized carbons (Fsp3) is 0.545. The van der Waals surface area contributed by atoms with Gasteiger partial charge in [-0.3, -0.25) is 4.79 Å². The highest BCUT2D eigenvalue weighted by atomic mass is 16.4. The number of nitrogens with zero attached hydrogens (tertiary/aromatic N) is 6. The van der Waals surface area contributed by atoms with Gasteiger partial charge in [0.05, 0.1) is 24.5 Å². The molecule has 8 heteroatoms. The van der Waals surface area contributed by atoms with E-state index in [4.69, 9.17) is 0 Å². The second kappa shape index (κ2) is 4.79. The number of hydrogen-bond acceptors (Lipinski definition) is 5. The Bertz CT molecular complexity index is 590. The second-order valence-corrected chi connectivity index (χ2v) is 4.77. The number of imidazole rings is 1. The standard InChI is InChI=1S/C11H16N6O2/c1-4-11(2,10(18)19)6-17-9(13-14-15-17)8-5-12-7-16(8)3/h5,7H,4,6H2,1-3H3,(H,18,19). The third-order valence-electron chi connectivity index (χ3n) is 3.37. The van der Waals surface area contributed by atoms with E-state index in [0.29, 0.717) is 12.2 Å². The van der Waals surface area contributed by atoms with E-state index in [1.807, 2.05) is 14.0 Å². The molecule has 0 bridgehead atoms. The molecule has 2 heterocycles. The summed E-state index contributed by atoms with van der Waals surface area (Å²) in [4.78, 5) is 15.4. The molecule has 0 fully saturated rings. The van der Waals surface area contributed by atoms with E-state index in [0.717, 1.165) is 5.69 Å². The molecule has 0 saturated carbocycles. The molecule has 0 radical (unpaired) electrons. The van der Waals surface area contributed by atoms with Crippen molar-refractivity contribution >= 4 is 5.97 Å². The zero-order valence-corrected chi connectivity index (χ0v) is 11.1. The first kappa shape index (κ1) is 13.2. The summed E-state index contributed by atoms with van der Waals surface area (Å²) < 4.78 is 3.29. The Morgan fingerprint density at radius 3 is 2.79 bits per heavy atom. The SMILES string of the molecule is CCC(C)(Cn1nnnc1-c1cncn1C)C(=O)O. The molecule has 19 heavy (non-hydrogen) atoms. The summed E-state index contributed by atoms with van der Waals surface area (Å²) in [5, 5.41) is 20.8. The zero-order valence-electron chi connectivity index (χ0n) is 11.1. The molecule has 1 unspecified atom stereocenters. The number of hydrogen-bond donors (Lipinski definition) is 1. The molecule has 0 aliphatic carbocycles. The molecule has 2 aromatic heterocycles. The van der Waals surface area contributed by atoms with Crippen molar-refractivity contribution < 1.29 is 9.90 Å². The molecule has 0 saturated heterocycles. The predicted octanol–water partition coefficient (Wildman–Crippen LogP) is 0.574. The van der Waals surface area contributed by atoms with Gasteiger partial charge in [0.2, 0.25) is 0 Å². The Morgan fingerprint density at radius 1 is 1.53 bits per heavy atom. The normalized spacial score (nSPS) is 14.3. The first-order valence-corrected chi connectivity index (χ1v) is 5.94. The van der Waals surface area contributed by atoms with Crippen molar-refractivity contribution in [1.29, 1.82) is 0 Å². The lowest BCUT2D eigenvalue weighted by Crippen LogP contribution is -2.32. The maximum absolute atomic E-state index is 11.3. The molecule has 2 rings (SSSR count).